The van der Waals surface area contributed by atoms with Crippen molar-refractivity contribution in [1.82, 2.24) is 4.98 Å². The van der Waals surface area contributed by atoms with E-state index in [1.54, 1.807) is 0 Å². The van der Waals surface area contributed by atoms with Crippen LogP contribution in [0.4, 0.5) is 5.82 Å². The molecule has 3 heteroatoms. The zero-order chi connectivity index (χ0) is 12.4. The zero-order valence-corrected chi connectivity index (χ0v) is 11.1. The molecule has 1 aliphatic rings. The highest BCUT2D eigenvalue weighted by Gasteiger charge is 2.24. The van der Waals surface area contributed by atoms with Gasteiger partial charge in [-0.15, -0.1) is 0 Å². The van der Waals surface area contributed by atoms with Crippen LogP contribution in [-0.2, 0) is 0 Å². The summed E-state index contributed by atoms with van der Waals surface area (Å²) in [5.41, 5.74) is 7.09. The van der Waals surface area contributed by atoms with Gasteiger partial charge in [-0.3, -0.25) is 0 Å². The largest absolute Gasteiger partial charge is 0.354 e. The number of nitrogens with zero attached hydrogens (tertiary/aromatic N) is 2. The molecular formula is C14H23N3. The molecule has 94 valence electrons. The van der Waals surface area contributed by atoms with E-state index in [0.717, 1.165) is 18.3 Å². The number of nitrogens with two attached hydrogens (primary N) is 1. The second kappa shape index (κ2) is 5.05. The molecule has 2 unspecified atom stereocenters. The number of aromatic nitrogens is 1. The minimum atomic E-state index is 0.0780. The van der Waals surface area contributed by atoms with Gasteiger partial charge in [0.15, 0.2) is 0 Å². The SMILES string of the molecule is CC1CCC(C)N(c2cc([C@@H](C)N)ccn2)C1. The lowest BCUT2D eigenvalue weighted by atomic mass is 9.95. The maximum Gasteiger partial charge on any atom is 0.129 e. The van der Waals surface area contributed by atoms with E-state index in [4.69, 9.17) is 5.73 Å². The topological polar surface area (TPSA) is 42.1 Å². The van der Waals surface area contributed by atoms with Gasteiger partial charge < -0.3 is 10.6 Å². The summed E-state index contributed by atoms with van der Waals surface area (Å²) in [6, 6.07) is 4.81. The third kappa shape index (κ3) is 2.78. The van der Waals surface area contributed by atoms with Crippen LogP contribution in [0.2, 0.25) is 0 Å². The van der Waals surface area contributed by atoms with Crippen molar-refractivity contribution in [2.75, 3.05) is 11.4 Å². The van der Waals surface area contributed by atoms with Gasteiger partial charge in [-0.25, -0.2) is 4.98 Å². The maximum absolute atomic E-state index is 5.93. The standard InChI is InChI=1S/C14H23N3/c1-10-4-5-11(2)17(9-10)14-8-13(12(3)15)6-7-16-14/h6-8,10-12H,4-5,9,15H2,1-3H3/t10?,11?,12-/m1/s1. The fourth-order valence-corrected chi connectivity index (χ4v) is 2.48. The van der Waals surface area contributed by atoms with E-state index in [9.17, 15) is 0 Å². The summed E-state index contributed by atoms with van der Waals surface area (Å²) >= 11 is 0. The van der Waals surface area contributed by atoms with E-state index in [2.05, 4.69) is 29.8 Å². The minimum Gasteiger partial charge on any atom is -0.354 e. The molecule has 1 aliphatic heterocycles. The van der Waals surface area contributed by atoms with E-state index in [-0.39, 0.29) is 6.04 Å². The first-order chi connectivity index (χ1) is 8.08. The Kier molecular flexibility index (Phi) is 3.67. The van der Waals surface area contributed by atoms with Crippen LogP contribution >= 0.6 is 0 Å². The van der Waals surface area contributed by atoms with Crippen LogP contribution in [0, 0.1) is 5.92 Å². The Balaban J connectivity index is 2.23. The molecule has 1 aromatic heterocycles. The Labute approximate surface area is 104 Å². The van der Waals surface area contributed by atoms with Crippen molar-refractivity contribution in [3.8, 4) is 0 Å². The predicted molar refractivity (Wildman–Crippen MR) is 72.0 cm³/mol. The number of rotatable bonds is 2. The monoisotopic (exact) mass is 233 g/mol. The van der Waals surface area contributed by atoms with Crippen molar-refractivity contribution in [1.29, 1.82) is 0 Å². The third-order valence-electron chi connectivity index (χ3n) is 3.71. The normalized spacial score (nSPS) is 26.9. The molecule has 2 N–H and O–H groups in total. The minimum absolute atomic E-state index is 0.0780. The molecule has 17 heavy (non-hydrogen) atoms. The first-order valence-electron chi connectivity index (χ1n) is 6.56. The molecule has 2 heterocycles. The van der Waals surface area contributed by atoms with Crippen LogP contribution in [-0.4, -0.2) is 17.6 Å². The van der Waals surface area contributed by atoms with Gasteiger partial charge in [0.2, 0.25) is 0 Å². The summed E-state index contributed by atoms with van der Waals surface area (Å²) < 4.78 is 0. The van der Waals surface area contributed by atoms with E-state index >= 15 is 0 Å². The van der Waals surface area contributed by atoms with Crippen molar-refractivity contribution in [2.45, 2.75) is 45.7 Å². The number of hydrogen-bond donors (Lipinski definition) is 1. The van der Waals surface area contributed by atoms with E-state index in [1.165, 1.54) is 18.4 Å². The lowest BCUT2D eigenvalue weighted by Crippen LogP contribution is -2.41. The molecule has 0 aliphatic carbocycles. The molecule has 1 aromatic rings. The van der Waals surface area contributed by atoms with Gasteiger partial charge >= 0.3 is 0 Å². The van der Waals surface area contributed by atoms with Crippen LogP contribution in [0.15, 0.2) is 18.3 Å². The van der Waals surface area contributed by atoms with Gasteiger partial charge in [0.1, 0.15) is 5.82 Å². The highest BCUT2D eigenvalue weighted by molar-refractivity contribution is 5.43. The van der Waals surface area contributed by atoms with Gasteiger partial charge in [0.25, 0.3) is 0 Å². The quantitative estimate of drug-likeness (QED) is 0.854. The Hall–Kier alpha value is -1.09. The first-order valence-corrected chi connectivity index (χ1v) is 6.56. The van der Waals surface area contributed by atoms with Crippen molar-refractivity contribution in [2.24, 2.45) is 11.7 Å². The van der Waals surface area contributed by atoms with Crippen LogP contribution in [0.3, 0.4) is 0 Å². The predicted octanol–water partition coefficient (Wildman–Crippen LogP) is 2.73. The smallest absolute Gasteiger partial charge is 0.129 e. The van der Waals surface area contributed by atoms with Gasteiger partial charge in [-0.05, 0) is 50.3 Å². The van der Waals surface area contributed by atoms with Crippen molar-refractivity contribution < 1.29 is 0 Å². The molecule has 0 aromatic carbocycles. The molecule has 0 saturated carbocycles. The number of hydrogen-bond acceptors (Lipinski definition) is 3. The highest BCUT2D eigenvalue weighted by Crippen LogP contribution is 2.27. The van der Waals surface area contributed by atoms with Crippen LogP contribution in [0.5, 0.6) is 0 Å². The Bertz CT molecular complexity index is 375. The second-order valence-corrected chi connectivity index (χ2v) is 5.42. The van der Waals surface area contributed by atoms with Crippen molar-refractivity contribution in [3.05, 3.63) is 23.9 Å². The van der Waals surface area contributed by atoms with E-state index in [1.807, 2.05) is 19.2 Å². The zero-order valence-electron chi connectivity index (χ0n) is 11.1. The van der Waals surface area contributed by atoms with E-state index in [0.29, 0.717) is 6.04 Å². The maximum atomic E-state index is 5.93. The lowest BCUT2D eigenvalue weighted by molar-refractivity contribution is 0.388. The highest BCUT2D eigenvalue weighted by atomic mass is 15.2. The molecule has 3 nitrogen and oxygen atoms in total. The van der Waals surface area contributed by atoms with Crippen LogP contribution < -0.4 is 10.6 Å². The average molecular weight is 233 g/mol. The second-order valence-electron chi connectivity index (χ2n) is 5.42. The molecular weight excluding hydrogens is 210 g/mol. The van der Waals surface area contributed by atoms with Gasteiger partial charge in [-0.2, -0.15) is 0 Å². The third-order valence-corrected chi connectivity index (χ3v) is 3.71. The van der Waals surface area contributed by atoms with Crippen LogP contribution in [0.1, 0.15) is 45.2 Å². The molecule has 0 bridgehead atoms. The Morgan fingerprint density at radius 1 is 1.41 bits per heavy atom. The van der Waals surface area contributed by atoms with Gasteiger partial charge in [0, 0.05) is 24.8 Å². The lowest BCUT2D eigenvalue weighted by Gasteiger charge is -2.37. The first kappa shape index (κ1) is 12.4. The molecule has 1 fully saturated rings. The summed E-state index contributed by atoms with van der Waals surface area (Å²) in [7, 11) is 0. The molecule has 0 amide bonds. The van der Waals surface area contributed by atoms with Crippen molar-refractivity contribution >= 4 is 5.82 Å². The Morgan fingerprint density at radius 3 is 2.88 bits per heavy atom. The molecule has 2 rings (SSSR count). The van der Waals surface area contributed by atoms with Gasteiger partial charge in [-0.1, -0.05) is 6.92 Å². The summed E-state index contributed by atoms with van der Waals surface area (Å²) in [5.74, 6) is 1.84. The molecule has 0 spiro atoms. The number of anilines is 1. The molecule has 0 radical (unpaired) electrons. The summed E-state index contributed by atoms with van der Waals surface area (Å²) in [5, 5.41) is 0. The fourth-order valence-electron chi connectivity index (χ4n) is 2.48. The summed E-state index contributed by atoms with van der Waals surface area (Å²) in [4.78, 5) is 6.92. The summed E-state index contributed by atoms with van der Waals surface area (Å²) in [6.07, 6.45) is 4.45. The number of piperidine rings is 1. The fraction of sp³-hybridized carbons (Fsp3) is 0.643. The van der Waals surface area contributed by atoms with Gasteiger partial charge in [0.05, 0.1) is 0 Å². The average Bonchev–Trinajstić information content (AvgIpc) is 2.32. The Morgan fingerprint density at radius 2 is 2.18 bits per heavy atom. The van der Waals surface area contributed by atoms with Crippen LogP contribution in [0.25, 0.3) is 0 Å². The molecule has 3 atom stereocenters. The number of pyridine rings is 1. The molecule has 1 saturated heterocycles. The van der Waals surface area contributed by atoms with Crippen molar-refractivity contribution in [3.63, 3.8) is 0 Å². The summed E-state index contributed by atoms with van der Waals surface area (Å²) in [6.45, 7) is 7.72. The van der Waals surface area contributed by atoms with E-state index < -0.39 is 0 Å².